The van der Waals surface area contributed by atoms with Crippen molar-refractivity contribution >= 4 is 11.6 Å². The number of aromatic nitrogens is 2. The first-order valence-corrected chi connectivity index (χ1v) is 8.20. The third-order valence-corrected chi connectivity index (χ3v) is 4.22. The molecule has 0 radical (unpaired) electrons. The van der Waals surface area contributed by atoms with Gasteiger partial charge in [-0.05, 0) is 38.4 Å². The van der Waals surface area contributed by atoms with Crippen molar-refractivity contribution in [3.63, 3.8) is 0 Å². The Labute approximate surface area is 141 Å². The summed E-state index contributed by atoms with van der Waals surface area (Å²) in [5.74, 6) is 1.15. The summed E-state index contributed by atoms with van der Waals surface area (Å²) in [6.45, 7) is 2.83. The van der Waals surface area contributed by atoms with Gasteiger partial charge >= 0.3 is 0 Å². The predicted octanol–water partition coefficient (Wildman–Crippen LogP) is 2.86. The number of benzene rings is 1. The second-order valence-electron chi connectivity index (χ2n) is 5.88. The van der Waals surface area contributed by atoms with Crippen molar-refractivity contribution in [1.29, 1.82) is 0 Å². The van der Waals surface area contributed by atoms with E-state index in [1.165, 1.54) is 12.8 Å². The molecule has 0 unspecified atom stereocenters. The summed E-state index contributed by atoms with van der Waals surface area (Å²) in [5.41, 5.74) is 1.78. The van der Waals surface area contributed by atoms with Gasteiger partial charge < -0.3 is 15.4 Å². The first-order chi connectivity index (χ1) is 11.7. The van der Waals surface area contributed by atoms with Gasteiger partial charge in [0, 0.05) is 6.20 Å². The molecule has 0 spiro atoms. The minimum absolute atomic E-state index is 0.184. The van der Waals surface area contributed by atoms with Crippen LogP contribution in [0, 0.1) is 6.92 Å². The Bertz CT molecular complexity index is 727. The SMILES string of the molecule is COc1ccccc1NC(=O)c1cnc([C@H]2CCCCN2)nc1C. The molecule has 0 bridgehead atoms. The Morgan fingerprint density at radius 1 is 1.33 bits per heavy atom. The lowest BCUT2D eigenvalue weighted by atomic mass is 10.0. The lowest BCUT2D eigenvalue weighted by Crippen LogP contribution is -2.29. The number of hydrogen-bond acceptors (Lipinski definition) is 5. The molecule has 0 saturated carbocycles. The number of para-hydroxylation sites is 2. The van der Waals surface area contributed by atoms with Crippen LogP contribution in [0.25, 0.3) is 0 Å². The van der Waals surface area contributed by atoms with Crippen LogP contribution < -0.4 is 15.4 Å². The molecule has 126 valence electrons. The Morgan fingerprint density at radius 3 is 2.88 bits per heavy atom. The Kier molecular flexibility index (Phi) is 5.05. The fraction of sp³-hybridized carbons (Fsp3) is 0.389. The summed E-state index contributed by atoms with van der Waals surface area (Å²) in [4.78, 5) is 21.5. The van der Waals surface area contributed by atoms with Crippen LogP contribution in [-0.2, 0) is 0 Å². The standard InChI is InChI=1S/C18H22N4O2/c1-12-13(11-20-17(21-12)15-8-5-6-10-19-15)18(23)22-14-7-3-4-9-16(14)24-2/h3-4,7,9,11,15,19H,5-6,8,10H2,1-2H3,(H,22,23)/t15-/m1/s1. The van der Waals surface area contributed by atoms with Gasteiger partial charge in [-0.3, -0.25) is 4.79 Å². The van der Waals surface area contributed by atoms with Gasteiger partial charge in [0.2, 0.25) is 0 Å². The zero-order chi connectivity index (χ0) is 16.9. The zero-order valence-corrected chi connectivity index (χ0v) is 14.0. The number of rotatable bonds is 4. The molecule has 1 fully saturated rings. The van der Waals surface area contributed by atoms with Crippen molar-refractivity contribution in [2.45, 2.75) is 32.2 Å². The smallest absolute Gasteiger partial charge is 0.259 e. The highest BCUT2D eigenvalue weighted by molar-refractivity contribution is 6.05. The minimum Gasteiger partial charge on any atom is -0.495 e. The molecule has 0 aliphatic carbocycles. The Morgan fingerprint density at radius 2 is 2.17 bits per heavy atom. The quantitative estimate of drug-likeness (QED) is 0.903. The number of carbonyl (C=O) groups is 1. The van der Waals surface area contributed by atoms with Crippen LogP contribution in [0.2, 0.25) is 0 Å². The van der Waals surface area contributed by atoms with E-state index in [1.807, 2.05) is 19.1 Å². The predicted molar refractivity (Wildman–Crippen MR) is 92.3 cm³/mol. The maximum atomic E-state index is 12.5. The summed E-state index contributed by atoms with van der Waals surface area (Å²) >= 11 is 0. The molecule has 6 nitrogen and oxygen atoms in total. The fourth-order valence-electron chi connectivity index (χ4n) is 2.89. The molecule has 1 saturated heterocycles. The molecule has 1 aromatic heterocycles. The van der Waals surface area contributed by atoms with Crippen LogP contribution in [0.15, 0.2) is 30.5 Å². The monoisotopic (exact) mass is 326 g/mol. The first kappa shape index (κ1) is 16.4. The number of carbonyl (C=O) groups excluding carboxylic acids is 1. The highest BCUT2D eigenvalue weighted by Crippen LogP contribution is 2.24. The number of amides is 1. The van der Waals surface area contributed by atoms with E-state index in [0.29, 0.717) is 22.7 Å². The summed E-state index contributed by atoms with van der Waals surface area (Å²) in [6, 6.07) is 7.49. The third-order valence-electron chi connectivity index (χ3n) is 4.22. The molecule has 3 rings (SSSR count). The lowest BCUT2D eigenvalue weighted by Gasteiger charge is -2.22. The Balaban J connectivity index is 1.77. The largest absolute Gasteiger partial charge is 0.495 e. The van der Waals surface area contributed by atoms with Gasteiger partial charge in [0.15, 0.2) is 0 Å². The topological polar surface area (TPSA) is 76.1 Å². The van der Waals surface area contributed by atoms with E-state index in [0.717, 1.165) is 18.8 Å². The molecule has 1 amide bonds. The highest BCUT2D eigenvalue weighted by Gasteiger charge is 2.20. The molecular weight excluding hydrogens is 304 g/mol. The van der Waals surface area contributed by atoms with Gasteiger partial charge in [-0.25, -0.2) is 9.97 Å². The van der Waals surface area contributed by atoms with Gasteiger partial charge in [0.25, 0.3) is 5.91 Å². The van der Waals surface area contributed by atoms with Crippen LogP contribution in [0.4, 0.5) is 5.69 Å². The number of nitrogens with one attached hydrogen (secondary N) is 2. The second kappa shape index (κ2) is 7.40. The van der Waals surface area contributed by atoms with Crippen molar-refractivity contribution in [1.82, 2.24) is 15.3 Å². The molecule has 2 aromatic rings. The minimum atomic E-state index is -0.236. The van der Waals surface area contributed by atoms with Crippen LogP contribution in [0.5, 0.6) is 5.75 Å². The average molecular weight is 326 g/mol. The number of anilines is 1. The molecule has 2 N–H and O–H groups in total. The molecule has 24 heavy (non-hydrogen) atoms. The number of hydrogen-bond donors (Lipinski definition) is 2. The fourth-order valence-corrected chi connectivity index (χ4v) is 2.89. The van der Waals surface area contributed by atoms with Crippen LogP contribution in [0.1, 0.15) is 47.2 Å². The molecule has 1 aliphatic rings. The number of ether oxygens (including phenoxy) is 1. The lowest BCUT2D eigenvalue weighted by molar-refractivity contribution is 0.102. The number of piperidine rings is 1. The van der Waals surface area contributed by atoms with Gasteiger partial charge in [-0.2, -0.15) is 0 Å². The first-order valence-electron chi connectivity index (χ1n) is 8.20. The van der Waals surface area contributed by atoms with Crippen molar-refractivity contribution in [3.8, 4) is 5.75 Å². The average Bonchev–Trinajstić information content (AvgIpc) is 2.62. The maximum absolute atomic E-state index is 12.5. The molecule has 1 atom stereocenters. The van der Waals surface area contributed by atoms with Gasteiger partial charge in [-0.15, -0.1) is 0 Å². The van der Waals surface area contributed by atoms with E-state index >= 15 is 0 Å². The van der Waals surface area contributed by atoms with Gasteiger partial charge in [0.05, 0.1) is 30.1 Å². The molecule has 1 aliphatic heterocycles. The molecule has 1 aromatic carbocycles. The number of aryl methyl sites for hydroxylation is 1. The van der Waals surface area contributed by atoms with Crippen molar-refractivity contribution < 1.29 is 9.53 Å². The Hall–Kier alpha value is -2.47. The number of nitrogens with zero attached hydrogens (tertiary/aromatic N) is 2. The van der Waals surface area contributed by atoms with Crippen molar-refractivity contribution in [2.75, 3.05) is 19.0 Å². The molecule has 2 heterocycles. The maximum Gasteiger partial charge on any atom is 0.259 e. The third kappa shape index (κ3) is 3.54. The van der Waals surface area contributed by atoms with Crippen molar-refractivity contribution in [2.24, 2.45) is 0 Å². The van der Waals surface area contributed by atoms with E-state index in [1.54, 1.807) is 25.4 Å². The normalized spacial score (nSPS) is 17.3. The van der Waals surface area contributed by atoms with E-state index in [9.17, 15) is 4.79 Å². The van der Waals surface area contributed by atoms with E-state index < -0.39 is 0 Å². The number of methoxy groups -OCH3 is 1. The van der Waals surface area contributed by atoms with E-state index in [-0.39, 0.29) is 11.9 Å². The van der Waals surface area contributed by atoms with Crippen molar-refractivity contribution in [3.05, 3.63) is 47.5 Å². The summed E-state index contributed by atoms with van der Waals surface area (Å²) < 4.78 is 5.26. The van der Waals surface area contributed by atoms with Crippen LogP contribution >= 0.6 is 0 Å². The summed E-state index contributed by atoms with van der Waals surface area (Å²) in [7, 11) is 1.57. The second-order valence-corrected chi connectivity index (χ2v) is 5.88. The van der Waals surface area contributed by atoms with E-state index in [4.69, 9.17) is 4.74 Å². The highest BCUT2D eigenvalue weighted by atomic mass is 16.5. The summed E-state index contributed by atoms with van der Waals surface area (Å²) in [5, 5.41) is 6.28. The van der Waals surface area contributed by atoms with Crippen LogP contribution in [-0.4, -0.2) is 29.5 Å². The van der Waals surface area contributed by atoms with E-state index in [2.05, 4.69) is 20.6 Å². The van der Waals surface area contributed by atoms with Gasteiger partial charge in [-0.1, -0.05) is 18.6 Å². The molecule has 6 heteroatoms. The molecular formula is C18H22N4O2. The van der Waals surface area contributed by atoms with Crippen LogP contribution in [0.3, 0.4) is 0 Å². The zero-order valence-electron chi connectivity index (χ0n) is 14.0. The summed E-state index contributed by atoms with van der Waals surface area (Å²) in [6.07, 6.45) is 5.01. The van der Waals surface area contributed by atoms with Gasteiger partial charge in [0.1, 0.15) is 11.6 Å².